The van der Waals surface area contributed by atoms with Gasteiger partial charge in [-0.25, -0.2) is 4.79 Å². The van der Waals surface area contributed by atoms with Gasteiger partial charge in [-0.2, -0.15) is 13.2 Å². The Morgan fingerprint density at radius 3 is 2.46 bits per heavy atom. The highest BCUT2D eigenvalue weighted by Crippen LogP contribution is 2.23. The molecule has 0 unspecified atom stereocenters. The van der Waals surface area contributed by atoms with Crippen LogP contribution in [0.25, 0.3) is 10.9 Å². The number of fused-ring (bicyclic) bond motifs is 1. The summed E-state index contributed by atoms with van der Waals surface area (Å²) in [6.45, 7) is 5.91. The van der Waals surface area contributed by atoms with Crippen molar-refractivity contribution in [2.24, 2.45) is 0 Å². The summed E-state index contributed by atoms with van der Waals surface area (Å²) >= 11 is 0. The molecule has 0 saturated carbocycles. The minimum atomic E-state index is -5.08. The van der Waals surface area contributed by atoms with Crippen molar-refractivity contribution < 1.29 is 27.9 Å². The zero-order chi connectivity index (χ0) is 19.5. The van der Waals surface area contributed by atoms with Gasteiger partial charge in [0.25, 0.3) is 5.91 Å². The predicted molar refractivity (Wildman–Crippen MR) is 90.2 cm³/mol. The van der Waals surface area contributed by atoms with Gasteiger partial charge in [0.2, 0.25) is 0 Å². The maximum atomic E-state index is 12.3. The standard InChI is InChI=1S/C15H19N3O.C2HF3O2/c1-9-3-4-13-12(7-9)10(2)14(18-13)15(19)17-11-5-6-16-8-11;3-2(4,5)1(6)7/h3-4,7,11,16,18H,5-6,8H2,1-2H3,(H,17,19);(H,6,7)/t11-;/m1./s1. The highest BCUT2D eigenvalue weighted by molar-refractivity contribution is 6.01. The molecule has 1 aliphatic rings. The number of hydrogen-bond donors (Lipinski definition) is 4. The van der Waals surface area contributed by atoms with Crippen LogP contribution < -0.4 is 10.6 Å². The number of aryl methyl sites for hydroxylation is 2. The fourth-order valence-corrected chi connectivity index (χ4v) is 2.70. The molecule has 26 heavy (non-hydrogen) atoms. The molecule has 6 nitrogen and oxygen atoms in total. The zero-order valence-electron chi connectivity index (χ0n) is 14.3. The molecule has 1 aromatic heterocycles. The molecule has 0 radical (unpaired) electrons. The normalized spacial score (nSPS) is 16.9. The summed E-state index contributed by atoms with van der Waals surface area (Å²) in [5, 5.41) is 14.6. The molecule has 2 heterocycles. The van der Waals surface area contributed by atoms with Gasteiger partial charge in [0, 0.05) is 23.5 Å². The third kappa shape index (κ3) is 4.75. The topological polar surface area (TPSA) is 94.2 Å². The van der Waals surface area contributed by atoms with Gasteiger partial charge in [-0.05, 0) is 44.5 Å². The summed E-state index contributed by atoms with van der Waals surface area (Å²) in [4.78, 5) is 24.4. The summed E-state index contributed by atoms with van der Waals surface area (Å²) in [6, 6.07) is 6.46. The molecule has 1 fully saturated rings. The van der Waals surface area contributed by atoms with Crippen LogP contribution >= 0.6 is 0 Å². The van der Waals surface area contributed by atoms with Crippen LogP contribution in [-0.2, 0) is 4.79 Å². The van der Waals surface area contributed by atoms with Crippen molar-refractivity contribution in [3.63, 3.8) is 0 Å². The summed E-state index contributed by atoms with van der Waals surface area (Å²) in [5.74, 6) is -2.76. The van der Waals surface area contributed by atoms with E-state index < -0.39 is 12.1 Å². The number of carbonyl (C=O) groups is 2. The lowest BCUT2D eigenvalue weighted by Gasteiger charge is -2.10. The third-order valence-electron chi connectivity index (χ3n) is 4.08. The number of carboxylic acids is 1. The molecule has 9 heteroatoms. The minimum absolute atomic E-state index is 0.0000491. The van der Waals surface area contributed by atoms with Gasteiger partial charge in [-0.1, -0.05) is 11.6 Å². The second-order valence-corrected chi connectivity index (χ2v) is 6.14. The molecule has 2 aromatic rings. The van der Waals surface area contributed by atoms with E-state index in [1.54, 1.807) is 0 Å². The van der Waals surface area contributed by atoms with Crippen molar-refractivity contribution in [2.75, 3.05) is 13.1 Å². The van der Waals surface area contributed by atoms with E-state index in [1.807, 2.05) is 13.0 Å². The molecule has 1 aromatic carbocycles. The van der Waals surface area contributed by atoms with Crippen LogP contribution in [0.1, 0.15) is 28.0 Å². The molecule has 0 spiro atoms. The van der Waals surface area contributed by atoms with Crippen LogP contribution in [-0.4, -0.2) is 47.3 Å². The number of aromatic amines is 1. The van der Waals surface area contributed by atoms with Crippen LogP contribution in [0.3, 0.4) is 0 Å². The molecule has 0 bridgehead atoms. The largest absolute Gasteiger partial charge is 0.490 e. The van der Waals surface area contributed by atoms with Gasteiger partial charge in [0.1, 0.15) is 5.69 Å². The van der Waals surface area contributed by atoms with Crippen molar-refractivity contribution in [3.8, 4) is 0 Å². The molecule has 1 atom stereocenters. The molecule has 142 valence electrons. The first kappa shape index (κ1) is 19.8. The monoisotopic (exact) mass is 371 g/mol. The summed E-state index contributed by atoms with van der Waals surface area (Å²) in [6.07, 6.45) is -4.08. The first-order valence-corrected chi connectivity index (χ1v) is 8.00. The Kier molecular flexibility index (Phi) is 5.91. The van der Waals surface area contributed by atoms with Crippen LogP contribution in [0.5, 0.6) is 0 Å². The van der Waals surface area contributed by atoms with E-state index in [2.05, 4.69) is 34.7 Å². The van der Waals surface area contributed by atoms with Crippen molar-refractivity contribution in [1.29, 1.82) is 0 Å². The molecular formula is C17H20F3N3O3. The molecule has 1 amide bonds. The van der Waals surface area contributed by atoms with Gasteiger partial charge < -0.3 is 20.7 Å². The first-order chi connectivity index (χ1) is 12.1. The number of aromatic nitrogens is 1. The van der Waals surface area contributed by atoms with E-state index in [9.17, 15) is 18.0 Å². The summed E-state index contributed by atoms with van der Waals surface area (Å²) in [5.41, 5.74) is 3.95. The number of benzene rings is 1. The number of carbonyl (C=O) groups excluding carboxylic acids is 1. The molecule has 1 aliphatic heterocycles. The number of halogens is 3. The second-order valence-electron chi connectivity index (χ2n) is 6.14. The summed E-state index contributed by atoms with van der Waals surface area (Å²) in [7, 11) is 0. The van der Waals surface area contributed by atoms with Gasteiger partial charge in [0.05, 0.1) is 0 Å². The van der Waals surface area contributed by atoms with Gasteiger partial charge >= 0.3 is 12.1 Å². The maximum absolute atomic E-state index is 12.3. The zero-order valence-corrected chi connectivity index (χ0v) is 14.3. The SMILES string of the molecule is Cc1ccc2[nH]c(C(=O)N[C@@H]3CCNC3)c(C)c2c1.O=C(O)C(F)(F)F. The van der Waals surface area contributed by atoms with E-state index in [1.165, 1.54) is 5.56 Å². The minimum Gasteiger partial charge on any atom is -0.475 e. The van der Waals surface area contributed by atoms with Gasteiger partial charge in [-0.3, -0.25) is 4.79 Å². The van der Waals surface area contributed by atoms with E-state index in [0.717, 1.165) is 36.0 Å². The second kappa shape index (κ2) is 7.77. The van der Waals surface area contributed by atoms with Crippen molar-refractivity contribution in [2.45, 2.75) is 32.5 Å². The number of amides is 1. The van der Waals surface area contributed by atoms with Gasteiger partial charge in [-0.15, -0.1) is 0 Å². The van der Waals surface area contributed by atoms with E-state index in [0.29, 0.717) is 5.69 Å². The lowest BCUT2D eigenvalue weighted by Crippen LogP contribution is -2.36. The molecular weight excluding hydrogens is 351 g/mol. The third-order valence-corrected chi connectivity index (χ3v) is 4.08. The van der Waals surface area contributed by atoms with E-state index in [-0.39, 0.29) is 11.9 Å². The van der Waals surface area contributed by atoms with Crippen molar-refractivity contribution >= 4 is 22.8 Å². The Balaban J connectivity index is 0.000000298. The Morgan fingerprint density at radius 1 is 1.27 bits per heavy atom. The maximum Gasteiger partial charge on any atom is 0.490 e. The quantitative estimate of drug-likeness (QED) is 0.653. The van der Waals surface area contributed by atoms with Crippen LogP contribution in [0, 0.1) is 13.8 Å². The number of H-pyrrole nitrogens is 1. The first-order valence-electron chi connectivity index (χ1n) is 8.00. The van der Waals surface area contributed by atoms with Crippen molar-refractivity contribution in [1.82, 2.24) is 15.6 Å². The lowest BCUT2D eigenvalue weighted by atomic mass is 10.1. The Hall–Kier alpha value is -2.55. The molecule has 3 rings (SSSR count). The molecule has 4 N–H and O–H groups in total. The smallest absolute Gasteiger partial charge is 0.475 e. The van der Waals surface area contributed by atoms with Crippen molar-refractivity contribution in [3.05, 3.63) is 35.0 Å². The van der Waals surface area contributed by atoms with Crippen LogP contribution in [0.2, 0.25) is 0 Å². The van der Waals surface area contributed by atoms with E-state index >= 15 is 0 Å². The fourth-order valence-electron chi connectivity index (χ4n) is 2.70. The Labute approximate surface area is 147 Å². The van der Waals surface area contributed by atoms with Crippen LogP contribution in [0.15, 0.2) is 18.2 Å². The van der Waals surface area contributed by atoms with Crippen LogP contribution in [0.4, 0.5) is 13.2 Å². The summed E-state index contributed by atoms with van der Waals surface area (Å²) < 4.78 is 31.7. The number of rotatable bonds is 2. The fraction of sp³-hybridized carbons (Fsp3) is 0.412. The average molecular weight is 371 g/mol. The van der Waals surface area contributed by atoms with E-state index in [4.69, 9.17) is 9.90 Å². The molecule has 1 saturated heterocycles. The number of nitrogens with one attached hydrogen (secondary N) is 3. The Morgan fingerprint density at radius 2 is 1.92 bits per heavy atom. The highest BCUT2D eigenvalue weighted by Gasteiger charge is 2.38. The average Bonchev–Trinajstić information content (AvgIpc) is 3.15. The predicted octanol–water partition coefficient (Wildman–Crippen LogP) is 2.51. The van der Waals surface area contributed by atoms with Gasteiger partial charge in [0.15, 0.2) is 0 Å². The number of hydrogen-bond acceptors (Lipinski definition) is 3. The lowest BCUT2D eigenvalue weighted by molar-refractivity contribution is -0.192. The number of alkyl halides is 3. The number of carboxylic acid groups (broad SMARTS) is 1. The Bertz CT molecular complexity index is 809. The molecule has 0 aliphatic carbocycles. The highest BCUT2D eigenvalue weighted by atomic mass is 19.4. The number of aliphatic carboxylic acids is 1.